The van der Waals surface area contributed by atoms with Crippen LogP contribution in [0.25, 0.3) is 10.9 Å². The first-order valence-electron chi connectivity index (χ1n) is 8.12. The molecule has 1 saturated heterocycles. The molecule has 140 valence electrons. The molecule has 25 heavy (non-hydrogen) atoms. The van der Waals surface area contributed by atoms with E-state index in [1.165, 1.54) is 0 Å². The fourth-order valence-electron chi connectivity index (χ4n) is 3.00. The Balaban J connectivity index is 0.00000156. The van der Waals surface area contributed by atoms with Crippen LogP contribution in [0.5, 0.6) is 0 Å². The molecule has 1 fully saturated rings. The second kappa shape index (κ2) is 9.50. The molecule has 0 amide bonds. The highest BCUT2D eigenvalue weighted by atomic mass is 35.5. The first-order valence-corrected chi connectivity index (χ1v) is 8.12. The molecule has 2 aromatic rings. The van der Waals surface area contributed by atoms with E-state index in [1.807, 2.05) is 38.1 Å². The molecule has 1 aliphatic rings. The molecule has 3 N–H and O–H groups in total. The molecule has 2 atom stereocenters. The van der Waals surface area contributed by atoms with Crippen molar-refractivity contribution in [3.05, 3.63) is 30.1 Å². The summed E-state index contributed by atoms with van der Waals surface area (Å²) in [6.45, 7) is 5.62. The zero-order valence-corrected chi connectivity index (χ0v) is 16.1. The van der Waals surface area contributed by atoms with E-state index in [0.717, 1.165) is 22.5 Å². The predicted octanol–water partition coefficient (Wildman–Crippen LogP) is 1.95. The van der Waals surface area contributed by atoms with Crippen LogP contribution in [-0.4, -0.2) is 53.0 Å². The van der Waals surface area contributed by atoms with Gasteiger partial charge in [-0.3, -0.25) is 0 Å². The van der Waals surface area contributed by atoms with Crippen LogP contribution in [-0.2, 0) is 11.2 Å². The number of aromatic nitrogens is 2. The Morgan fingerprint density at radius 1 is 1.24 bits per heavy atom. The summed E-state index contributed by atoms with van der Waals surface area (Å²) < 4.78 is 5.81. The second-order valence-electron chi connectivity index (χ2n) is 6.21. The molecule has 0 aliphatic carbocycles. The minimum absolute atomic E-state index is 0. The van der Waals surface area contributed by atoms with Gasteiger partial charge in [-0.2, -0.15) is 0 Å². The lowest BCUT2D eigenvalue weighted by Gasteiger charge is -2.20. The quantitative estimate of drug-likeness (QED) is 0.813. The van der Waals surface area contributed by atoms with Gasteiger partial charge in [-0.05, 0) is 32.5 Å². The first-order chi connectivity index (χ1) is 11.1. The van der Waals surface area contributed by atoms with E-state index >= 15 is 0 Å². The van der Waals surface area contributed by atoms with Crippen LogP contribution >= 0.6 is 24.8 Å². The summed E-state index contributed by atoms with van der Waals surface area (Å²) in [5.41, 5.74) is 6.56. The van der Waals surface area contributed by atoms with Crippen LogP contribution in [0.15, 0.2) is 24.3 Å². The number of nitrogens with two attached hydrogens (primary N) is 1. The predicted molar refractivity (Wildman–Crippen MR) is 105 cm³/mol. The van der Waals surface area contributed by atoms with Gasteiger partial charge in [0.05, 0.1) is 17.7 Å². The van der Waals surface area contributed by atoms with E-state index < -0.39 is 6.10 Å². The van der Waals surface area contributed by atoms with Crippen molar-refractivity contribution in [1.82, 2.24) is 9.97 Å². The summed E-state index contributed by atoms with van der Waals surface area (Å²) in [6.07, 6.45) is 0.0236. The fraction of sp³-hybridized carbons (Fsp3) is 0.529. The number of para-hydroxylation sites is 1. The molecule has 3 rings (SSSR count). The average molecular weight is 389 g/mol. The van der Waals surface area contributed by atoms with Crippen LogP contribution in [0.3, 0.4) is 0 Å². The lowest BCUT2D eigenvalue weighted by molar-refractivity contribution is -0.0386. The molecule has 8 heteroatoms. The van der Waals surface area contributed by atoms with Gasteiger partial charge in [0, 0.05) is 24.9 Å². The standard InChI is InChI=1S/C17H24N4O2.2ClH/c1-11(2)23-15-10-21(9-14(15)22)17-12-5-3-4-6-13(12)19-16(20-17)7-8-18;;/h3-6,11,14-15,22H,7-10,18H2,1-2H3;2*1H/t14-,15-;;/m0../s1. The van der Waals surface area contributed by atoms with E-state index in [1.54, 1.807) is 0 Å². The number of benzene rings is 1. The monoisotopic (exact) mass is 388 g/mol. The Labute approximate surface area is 160 Å². The number of anilines is 1. The van der Waals surface area contributed by atoms with Gasteiger partial charge in [0.15, 0.2) is 0 Å². The smallest absolute Gasteiger partial charge is 0.140 e. The van der Waals surface area contributed by atoms with Crippen LogP contribution in [0.4, 0.5) is 5.82 Å². The van der Waals surface area contributed by atoms with E-state index in [0.29, 0.717) is 26.1 Å². The summed E-state index contributed by atoms with van der Waals surface area (Å²) >= 11 is 0. The van der Waals surface area contributed by atoms with Crippen LogP contribution in [0.2, 0.25) is 0 Å². The number of aliphatic hydroxyl groups excluding tert-OH is 1. The summed E-state index contributed by atoms with van der Waals surface area (Å²) in [7, 11) is 0. The van der Waals surface area contributed by atoms with Crippen molar-refractivity contribution in [3.63, 3.8) is 0 Å². The maximum absolute atomic E-state index is 10.3. The molecular formula is C17H26Cl2N4O2. The molecule has 0 bridgehead atoms. The molecule has 1 aromatic carbocycles. The third-order valence-corrected chi connectivity index (χ3v) is 3.98. The van der Waals surface area contributed by atoms with Crippen LogP contribution in [0.1, 0.15) is 19.7 Å². The summed E-state index contributed by atoms with van der Waals surface area (Å²) in [5, 5.41) is 11.3. The second-order valence-corrected chi connectivity index (χ2v) is 6.21. The molecule has 6 nitrogen and oxygen atoms in total. The Hall–Kier alpha value is -1.18. The van der Waals surface area contributed by atoms with Crippen molar-refractivity contribution in [1.29, 1.82) is 0 Å². The number of hydrogen-bond donors (Lipinski definition) is 2. The topological polar surface area (TPSA) is 84.5 Å². The third kappa shape index (κ3) is 4.92. The Morgan fingerprint density at radius 2 is 1.96 bits per heavy atom. The Morgan fingerprint density at radius 3 is 2.64 bits per heavy atom. The van der Waals surface area contributed by atoms with Gasteiger partial charge in [0.1, 0.15) is 17.7 Å². The van der Waals surface area contributed by atoms with Gasteiger partial charge in [0.25, 0.3) is 0 Å². The number of halogens is 2. The Bertz CT molecular complexity index is 687. The number of aliphatic hydroxyl groups is 1. The van der Waals surface area contributed by atoms with Gasteiger partial charge >= 0.3 is 0 Å². The molecule has 0 spiro atoms. The number of ether oxygens (including phenoxy) is 1. The molecule has 0 unspecified atom stereocenters. The molecule has 1 aromatic heterocycles. The van der Waals surface area contributed by atoms with Crippen LogP contribution < -0.4 is 10.6 Å². The van der Waals surface area contributed by atoms with Crippen molar-refractivity contribution >= 4 is 41.5 Å². The minimum atomic E-state index is -0.510. The van der Waals surface area contributed by atoms with Gasteiger partial charge in [-0.15, -0.1) is 24.8 Å². The number of hydrogen-bond acceptors (Lipinski definition) is 6. The van der Waals surface area contributed by atoms with Crippen LogP contribution in [0, 0.1) is 0 Å². The van der Waals surface area contributed by atoms with E-state index in [9.17, 15) is 5.11 Å². The zero-order chi connectivity index (χ0) is 16.4. The van der Waals surface area contributed by atoms with Crippen molar-refractivity contribution in [3.8, 4) is 0 Å². The fourth-order valence-corrected chi connectivity index (χ4v) is 3.00. The maximum atomic E-state index is 10.3. The lowest BCUT2D eigenvalue weighted by Crippen LogP contribution is -2.29. The summed E-state index contributed by atoms with van der Waals surface area (Å²) in [4.78, 5) is 11.3. The third-order valence-electron chi connectivity index (χ3n) is 3.98. The van der Waals surface area contributed by atoms with Gasteiger partial charge in [-0.25, -0.2) is 9.97 Å². The number of nitrogens with zero attached hydrogens (tertiary/aromatic N) is 3. The highest BCUT2D eigenvalue weighted by molar-refractivity contribution is 5.89. The molecular weight excluding hydrogens is 363 g/mol. The lowest BCUT2D eigenvalue weighted by atomic mass is 10.2. The summed E-state index contributed by atoms with van der Waals surface area (Å²) in [6, 6.07) is 7.94. The normalized spacial score (nSPS) is 19.8. The van der Waals surface area contributed by atoms with Gasteiger partial charge in [-0.1, -0.05) is 12.1 Å². The summed E-state index contributed by atoms with van der Waals surface area (Å²) in [5.74, 6) is 1.59. The van der Waals surface area contributed by atoms with Crippen molar-refractivity contribution in [2.24, 2.45) is 5.73 Å². The molecule has 2 heterocycles. The highest BCUT2D eigenvalue weighted by Crippen LogP contribution is 2.28. The van der Waals surface area contributed by atoms with E-state index in [4.69, 9.17) is 10.5 Å². The number of fused-ring (bicyclic) bond motifs is 1. The largest absolute Gasteiger partial charge is 0.388 e. The Kier molecular flexibility index (Phi) is 8.31. The number of rotatable bonds is 5. The minimum Gasteiger partial charge on any atom is -0.388 e. The average Bonchev–Trinajstić information content (AvgIpc) is 2.87. The van der Waals surface area contributed by atoms with Crippen molar-refractivity contribution in [2.75, 3.05) is 24.5 Å². The highest BCUT2D eigenvalue weighted by Gasteiger charge is 2.34. The molecule has 0 radical (unpaired) electrons. The van der Waals surface area contributed by atoms with Crippen molar-refractivity contribution < 1.29 is 9.84 Å². The SMILES string of the molecule is CC(C)O[C@H]1CN(c2nc(CCN)nc3ccccc23)C[C@@H]1O.Cl.Cl. The first kappa shape index (κ1) is 21.9. The molecule has 1 aliphatic heterocycles. The van der Waals surface area contributed by atoms with E-state index in [2.05, 4.69) is 14.9 Å². The van der Waals surface area contributed by atoms with E-state index in [-0.39, 0.29) is 37.0 Å². The maximum Gasteiger partial charge on any atom is 0.140 e. The number of β-amino-alcohol motifs (C(OH)–C–C–N with tert-alkyl or cyclic N) is 1. The van der Waals surface area contributed by atoms with Gasteiger partial charge in [0.2, 0.25) is 0 Å². The zero-order valence-electron chi connectivity index (χ0n) is 14.5. The van der Waals surface area contributed by atoms with Gasteiger partial charge < -0.3 is 20.5 Å². The van der Waals surface area contributed by atoms with Crippen molar-refractivity contribution in [2.45, 2.75) is 38.6 Å². The molecule has 0 saturated carbocycles.